The Bertz CT molecular complexity index is 313. The highest BCUT2D eigenvalue weighted by Crippen LogP contribution is 2.45. The topological polar surface area (TPSA) is 24.9 Å². The summed E-state index contributed by atoms with van der Waals surface area (Å²) in [6, 6.07) is 1.64. The molecule has 4 rings (SSSR count). The Morgan fingerprint density at radius 2 is 1.05 bits per heavy atom. The molecule has 0 unspecified atom stereocenters. The molecular weight excluding hydrogens is 284 g/mol. The third kappa shape index (κ3) is 3.13. The zero-order chi connectivity index (χ0) is 14.1. The van der Waals surface area contributed by atoms with Crippen LogP contribution in [0.1, 0.15) is 25.7 Å². The number of morpholine rings is 2. The van der Waals surface area contributed by atoms with Crippen molar-refractivity contribution >= 4 is 11.8 Å². The minimum atomic E-state index is 0.820. The van der Waals surface area contributed by atoms with Crippen LogP contribution in [0.5, 0.6) is 0 Å². The Morgan fingerprint density at radius 1 is 0.619 bits per heavy atom. The zero-order valence-electron chi connectivity index (χ0n) is 12.9. The lowest BCUT2D eigenvalue weighted by molar-refractivity contribution is -0.00254. The molecule has 2 bridgehead atoms. The molecule has 0 saturated carbocycles. The quantitative estimate of drug-likeness (QED) is 0.768. The van der Waals surface area contributed by atoms with E-state index in [0.717, 1.165) is 75.2 Å². The first-order valence-corrected chi connectivity index (χ1v) is 9.65. The van der Waals surface area contributed by atoms with E-state index in [4.69, 9.17) is 9.47 Å². The smallest absolute Gasteiger partial charge is 0.0594 e. The minimum Gasteiger partial charge on any atom is -0.379 e. The number of rotatable bonds is 2. The van der Waals surface area contributed by atoms with Crippen LogP contribution in [0.2, 0.25) is 0 Å². The summed E-state index contributed by atoms with van der Waals surface area (Å²) < 4.78 is 11.0. The maximum Gasteiger partial charge on any atom is 0.0594 e. The van der Waals surface area contributed by atoms with E-state index in [1.807, 2.05) is 0 Å². The van der Waals surface area contributed by atoms with Crippen molar-refractivity contribution in [2.45, 2.75) is 48.3 Å². The lowest BCUT2D eigenvalue weighted by Crippen LogP contribution is -2.57. The molecule has 4 nitrogen and oxygen atoms in total. The van der Waals surface area contributed by atoms with Crippen LogP contribution in [0.25, 0.3) is 0 Å². The van der Waals surface area contributed by atoms with Crippen molar-refractivity contribution in [1.29, 1.82) is 0 Å². The van der Waals surface area contributed by atoms with Gasteiger partial charge in [-0.3, -0.25) is 9.80 Å². The molecule has 0 aromatic heterocycles. The van der Waals surface area contributed by atoms with Gasteiger partial charge in [0.2, 0.25) is 0 Å². The average Bonchev–Trinajstić information content (AvgIpc) is 2.57. The van der Waals surface area contributed by atoms with E-state index < -0.39 is 0 Å². The van der Waals surface area contributed by atoms with Gasteiger partial charge in [-0.2, -0.15) is 11.8 Å². The second kappa shape index (κ2) is 6.75. The lowest BCUT2D eigenvalue weighted by Gasteiger charge is -2.51. The Hall–Kier alpha value is 0.190. The van der Waals surface area contributed by atoms with Gasteiger partial charge in [0.15, 0.2) is 0 Å². The molecule has 120 valence electrons. The fourth-order valence-electron chi connectivity index (χ4n) is 4.62. The van der Waals surface area contributed by atoms with Crippen LogP contribution in [-0.4, -0.2) is 85.0 Å². The summed E-state index contributed by atoms with van der Waals surface area (Å²) in [7, 11) is 0. The highest BCUT2D eigenvalue weighted by Gasteiger charge is 2.43. The van der Waals surface area contributed by atoms with Crippen molar-refractivity contribution in [2.24, 2.45) is 0 Å². The number of thioether (sulfide) groups is 1. The van der Waals surface area contributed by atoms with Crippen LogP contribution >= 0.6 is 11.8 Å². The van der Waals surface area contributed by atoms with Crippen LogP contribution in [0.3, 0.4) is 0 Å². The summed E-state index contributed by atoms with van der Waals surface area (Å²) in [5, 5.41) is 1.75. The largest absolute Gasteiger partial charge is 0.379 e. The summed E-state index contributed by atoms with van der Waals surface area (Å²) in [6.45, 7) is 8.36. The highest BCUT2D eigenvalue weighted by molar-refractivity contribution is 8.00. The summed E-state index contributed by atoms with van der Waals surface area (Å²) in [5.74, 6) is 0. The van der Waals surface area contributed by atoms with Gasteiger partial charge < -0.3 is 9.47 Å². The second-order valence-corrected chi connectivity index (χ2v) is 8.28. The second-order valence-electron chi connectivity index (χ2n) is 6.80. The predicted octanol–water partition coefficient (Wildman–Crippen LogP) is 1.45. The van der Waals surface area contributed by atoms with Crippen LogP contribution < -0.4 is 0 Å². The number of hydrogen-bond acceptors (Lipinski definition) is 5. The van der Waals surface area contributed by atoms with Crippen molar-refractivity contribution in [1.82, 2.24) is 9.80 Å². The average molecular weight is 312 g/mol. The number of nitrogens with zero attached hydrogens (tertiary/aromatic N) is 2. The minimum absolute atomic E-state index is 0.820. The van der Waals surface area contributed by atoms with Crippen LogP contribution in [-0.2, 0) is 9.47 Å². The molecule has 4 fully saturated rings. The first-order valence-electron chi connectivity index (χ1n) is 8.71. The monoisotopic (exact) mass is 312 g/mol. The molecule has 0 spiro atoms. The molecule has 0 radical (unpaired) electrons. The van der Waals surface area contributed by atoms with E-state index in [2.05, 4.69) is 21.6 Å². The number of hydrogen-bond donors (Lipinski definition) is 0. The summed E-state index contributed by atoms with van der Waals surface area (Å²) in [5.41, 5.74) is 0. The highest BCUT2D eigenvalue weighted by atomic mass is 32.2. The van der Waals surface area contributed by atoms with E-state index >= 15 is 0 Å². The fraction of sp³-hybridized carbons (Fsp3) is 1.00. The van der Waals surface area contributed by atoms with Crippen LogP contribution in [0, 0.1) is 0 Å². The van der Waals surface area contributed by atoms with Gasteiger partial charge in [-0.25, -0.2) is 0 Å². The Kier molecular flexibility index (Phi) is 4.74. The van der Waals surface area contributed by atoms with Gasteiger partial charge >= 0.3 is 0 Å². The molecule has 4 aliphatic rings. The summed E-state index contributed by atoms with van der Waals surface area (Å²) >= 11 is 2.31. The van der Waals surface area contributed by atoms with E-state index in [0.29, 0.717) is 0 Å². The fourth-order valence-corrected chi connectivity index (χ4v) is 6.59. The van der Waals surface area contributed by atoms with Crippen molar-refractivity contribution in [3.63, 3.8) is 0 Å². The summed E-state index contributed by atoms with van der Waals surface area (Å²) in [4.78, 5) is 5.43. The molecule has 4 heterocycles. The predicted molar refractivity (Wildman–Crippen MR) is 86.0 cm³/mol. The van der Waals surface area contributed by atoms with Gasteiger partial charge in [0.25, 0.3) is 0 Å². The molecular formula is C16H28N2O2S. The van der Waals surface area contributed by atoms with Crippen LogP contribution in [0.15, 0.2) is 0 Å². The maximum absolute atomic E-state index is 5.52. The molecule has 0 aromatic rings. The molecule has 0 aromatic carbocycles. The Balaban J connectivity index is 1.37. The summed E-state index contributed by atoms with van der Waals surface area (Å²) in [6.07, 6.45) is 5.63. The molecule has 0 amide bonds. The molecule has 0 N–H and O–H groups in total. The SMILES string of the molecule is C1CN([C@@H]2CC[C@H]3S[C@@H]2CC[C@@H]3N2CCOCC2)CCO1. The van der Waals surface area contributed by atoms with E-state index in [9.17, 15) is 0 Å². The van der Waals surface area contributed by atoms with Crippen molar-refractivity contribution < 1.29 is 9.47 Å². The normalized spacial score (nSPS) is 42.9. The molecule has 21 heavy (non-hydrogen) atoms. The Morgan fingerprint density at radius 3 is 1.48 bits per heavy atom. The number of ether oxygens (including phenoxy) is 2. The third-order valence-corrected chi connectivity index (χ3v) is 7.53. The van der Waals surface area contributed by atoms with Gasteiger partial charge in [-0.05, 0) is 25.7 Å². The Labute approximate surface area is 132 Å². The van der Waals surface area contributed by atoms with Gasteiger partial charge in [0.1, 0.15) is 0 Å². The van der Waals surface area contributed by atoms with Crippen molar-refractivity contribution in [3.05, 3.63) is 0 Å². The van der Waals surface area contributed by atoms with Crippen molar-refractivity contribution in [2.75, 3.05) is 52.6 Å². The zero-order valence-corrected chi connectivity index (χ0v) is 13.7. The van der Waals surface area contributed by atoms with Crippen molar-refractivity contribution in [3.8, 4) is 0 Å². The van der Waals surface area contributed by atoms with Crippen LogP contribution in [0.4, 0.5) is 0 Å². The standard InChI is InChI=1S/C16H28N2O2S/c1-3-15-14(18-7-11-20-12-8-18)2-4-16(21-15)13(1)17-5-9-19-10-6-17/h13-16H,1-12H2/t13-,14+,15-,16-/m1/s1. The molecule has 4 saturated heterocycles. The first-order chi connectivity index (χ1) is 10.4. The lowest BCUT2D eigenvalue weighted by atomic mass is 9.89. The molecule has 4 aliphatic heterocycles. The van der Waals surface area contributed by atoms with E-state index in [1.54, 1.807) is 0 Å². The number of fused-ring (bicyclic) bond motifs is 2. The van der Waals surface area contributed by atoms with E-state index in [-0.39, 0.29) is 0 Å². The maximum atomic E-state index is 5.52. The van der Waals surface area contributed by atoms with Gasteiger partial charge in [0, 0.05) is 48.8 Å². The van der Waals surface area contributed by atoms with Gasteiger partial charge in [-0.1, -0.05) is 0 Å². The molecule has 0 aliphatic carbocycles. The van der Waals surface area contributed by atoms with Gasteiger partial charge in [0.05, 0.1) is 26.4 Å². The third-order valence-electron chi connectivity index (χ3n) is 5.73. The van der Waals surface area contributed by atoms with E-state index in [1.165, 1.54) is 25.7 Å². The van der Waals surface area contributed by atoms with Gasteiger partial charge in [-0.15, -0.1) is 0 Å². The first kappa shape index (κ1) is 14.8. The molecule has 4 atom stereocenters. The molecule has 5 heteroatoms.